The number of benzene rings is 1. The fraction of sp³-hybridized carbons (Fsp3) is 0.652. The minimum atomic E-state index is -3.99. The molecule has 7 nitrogen and oxygen atoms in total. The summed E-state index contributed by atoms with van der Waals surface area (Å²) in [5.41, 5.74) is -1.28. The van der Waals surface area contributed by atoms with E-state index >= 15 is 0 Å². The van der Waals surface area contributed by atoms with E-state index in [9.17, 15) is 23.1 Å². The molecule has 1 saturated heterocycles. The van der Waals surface area contributed by atoms with Crippen LogP contribution < -0.4 is 0 Å². The molecule has 31 heavy (non-hydrogen) atoms. The molecule has 1 N–H and O–H groups in total. The number of ketones is 1. The molecule has 1 aromatic rings. The van der Waals surface area contributed by atoms with E-state index in [2.05, 4.69) is 0 Å². The summed E-state index contributed by atoms with van der Waals surface area (Å²) >= 11 is 0. The number of fused-ring (bicyclic) bond motifs is 1. The number of rotatable bonds is 6. The maximum Gasteiger partial charge on any atom is 0.310 e. The molecule has 3 fully saturated rings. The molecule has 8 heteroatoms. The second-order valence-corrected chi connectivity index (χ2v) is 11.0. The number of carbonyl (C=O) groups excluding carboxylic acids is 1. The van der Waals surface area contributed by atoms with Crippen LogP contribution in [0.1, 0.15) is 51.4 Å². The van der Waals surface area contributed by atoms with E-state index in [-0.39, 0.29) is 24.2 Å². The Morgan fingerprint density at radius 2 is 1.87 bits per heavy atom. The number of carbonyl (C=O) groups is 2. The zero-order chi connectivity index (χ0) is 22.1. The lowest BCUT2D eigenvalue weighted by Gasteiger charge is -2.51. The van der Waals surface area contributed by atoms with Crippen molar-refractivity contribution in [2.45, 2.75) is 67.8 Å². The Morgan fingerprint density at radius 1 is 1.13 bits per heavy atom. The molecule has 0 spiro atoms. The first-order valence-electron chi connectivity index (χ1n) is 11.2. The van der Waals surface area contributed by atoms with Crippen molar-refractivity contribution in [2.24, 2.45) is 17.3 Å². The molecule has 0 radical (unpaired) electrons. The van der Waals surface area contributed by atoms with Crippen molar-refractivity contribution in [1.82, 2.24) is 0 Å². The van der Waals surface area contributed by atoms with Gasteiger partial charge >= 0.3 is 5.97 Å². The molecule has 3 aliphatic rings. The predicted octanol–water partition coefficient (Wildman–Crippen LogP) is 3.22. The van der Waals surface area contributed by atoms with Gasteiger partial charge in [-0.3, -0.25) is 9.59 Å². The second kappa shape index (κ2) is 9.00. The van der Waals surface area contributed by atoms with E-state index in [0.29, 0.717) is 32.3 Å². The van der Waals surface area contributed by atoms with E-state index in [4.69, 9.17) is 9.47 Å². The smallest absolute Gasteiger partial charge is 0.310 e. The molecule has 1 unspecified atom stereocenters. The van der Waals surface area contributed by atoms with Crippen molar-refractivity contribution in [2.75, 3.05) is 13.2 Å². The molecule has 1 aliphatic heterocycles. The highest BCUT2D eigenvalue weighted by Crippen LogP contribution is 2.55. The van der Waals surface area contributed by atoms with Crippen LogP contribution >= 0.6 is 0 Å². The zero-order valence-electron chi connectivity index (χ0n) is 17.6. The highest BCUT2D eigenvalue weighted by atomic mass is 32.2. The quantitative estimate of drug-likeness (QED) is 0.709. The maximum atomic E-state index is 13.5. The van der Waals surface area contributed by atoms with Gasteiger partial charge in [0.2, 0.25) is 0 Å². The SMILES string of the molecule is O=C1C[C@@H](COC2CCCCO2)[C@@]2(C(=O)O)CCCC[C@H]2[C@@H]1S(=O)(=O)c1ccccc1. The fourth-order valence-corrected chi connectivity index (χ4v) is 7.86. The summed E-state index contributed by atoms with van der Waals surface area (Å²) in [5, 5.41) is 9.05. The lowest BCUT2D eigenvalue weighted by molar-refractivity contribution is -0.193. The first kappa shape index (κ1) is 22.4. The second-order valence-electron chi connectivity index (χ2n) is 8.97. The highest BCUT2D eigenvalue weighted by Gasteiger charge is 2.62. The Labute approximate surface area is 183 Å². The third-order valence-electron chi connectivity index (χ3n) is 7.30. The summed E-state index contributed by atoms with van der Waals surface area (Å²) in [6, 6.07) is 7.90. The minimum absolute atomic E-state index is 0.0727. The van der Waals surface area contributed by atoms with Crippen molar-refractivity contribution in [3.05, 3.63) is 30.3 Å². The average molecular weight is 451 g/mol. The number of aliphatic carboxylic acids is 1. The van der Waals surface area contributed by atoms with E-state index in [1.165, 1.54) is 12.1 Å². The Kier molecular flexibility index (Phi) is 6.51. The van der Waals surface area contributed by atoms with E-state index < -0.39 is 44.1 Å². The van der Waals surface area contributed by atoms with Crippen LogP contribution in [0.3, 0.4) is 0 Å². The van der Waals surface area contributed by atoms with Gasteiger partial charge in [-0.2, -0.15) is 0 Å². The van der Waals surface area contributed by atoms with Crippen molar-refractivity contribution in [1.29, 1.82) is 0 Å². The summed E-state index contributed by atoms with van der Waals surface area (Å²) in [5.74, 6) is -2.73. The molecule has 0 amide bonds. The molecule has 2 saturated carbocycles. The average Bonchev–Trinajstić information content (AvgIpc) is 2.78. The van der Waals surface area contributed by atoms with Gasteiger partial charge < -0.3 is 14.6 Å². The molecule has 2 aliphatic carbocycles. The van der Waals surface area contributed by atoms with E-state index in [1.54, 1.807) is 18.2 Å². The predicted molar refractivity (Wildman–Crippen MR) is 112 cm³/mol. The first-order valence-corrected chi connectivity index (χ1v) is 12.7. The third kappa shape index (κ3) is 4.05. The van der Waals surface area contributed by atoms with E-state index in [0.717, 1.165) is 19.3 Å². The van der Waals surface area contributed by atoms with Gasteiger partial charge in [-0.15, -0.1) is 0 Å². The van der Waals surface area contributed by atoms with Crippen LogP contribution in [-0.4, -0.2) is 50.0 Å². The van der Waals surface area contributed by atoms with Crippen molar-refractivity contribution in [3.8, 4) is 0 Å². The highest BCUT2D eigenvalue weighted by molar-refractivity contribution is 7.92. The lowest BCUT2D eigenvalue weighted by Crippen LogP contribution is -2.60. The lowest BCUT2D eigenvalue weighted by atomic mass is 9.54. The number of ether oxygens (including phenoxy) is 2. The van der Waals surface area contributed by atoms with Crippen LogP contribution in [0, 0.1) is 17.3 Å². The number of carboxylic acid groups (broad SMARTS) is 1. The van der Waals surface area contributed by atoms with Crippen LogP contribution in [0.15, 0.2) is 35.2 Å². The normalized spacial score (nSPS) is 34.1. The minimum Gasteiger partial charge on any atom is -0.481 e. The molecule has 0 aromatic heterocycles. The molecule has 170 valence electrons. The van der Waals surface area contributed by atoms with Crippen LogP contribution in [0.5, 0.6) is 0 Å². The summed E-state index contributed by atoms with van der Waals surface area (Å²) in [6.07, 6.45) is 4.40. The third-order valence-corrected chi connectivity index (χ3v) is 9.49. The Balaban J connectivity index is 1.67. The number of sulfone groups is 1. The van der Waals surface area contributed by atoms with Gasteiger partial charge in [0.25, 0.3) is 0 Å². The molecule has 1 aromatic carbocycles. The summed E-state index contributed by atoms with van der Waals surface area (Å²) in [4.78, 5) is 26.0. The number of hydrogen-bond acceptors (Lipinski definition) is 6. The Bertz CT molecular complexity index is 907. The number of carboxylic acids is 1. The van der Waals surface area contributed by atoms with Gasteiger partial charge in [-0.05, 0) is 50.2 Å². The topological polar surface area (TPSA) is 107 Å². The van der Waals surface area contributed by atoms with Crippen LogP contribution in [0.4, 0.5) is 0 Å². The van der Waals surface area contributed by atoms with E-state index in [1.807, 2.05) is 0 Å². The Morgan fingerprint density at radius 3 is 2.55 bits per heavy atom. The standard InChI is InChI=1S/C23H30O7S/c24-19-14-16(15-30-20-11-5-7-13-29-20)23(22(25)26)12-6-4-10-18(23)21(19)31(27,28)17-8-2-1-3-9-17/h1-3,8-9,16,18,20-21H,4-7,10-15H2,(H,25,26)/t16-,18-,20?,21-,23-/m0/s1. The summed E-state index contributed by atoms with van der Waals surface area (Å²) in [7, 11) is -3.99. The summed E-state index contributed by atoms with van der Waals surface area (Å²) < 4.78 is 38.4. The van der Waals surface area contributed by atoms with Crippen molar-refractivity contribution < 1.29 is 32.6 Å². The van der Waals surface area contributed by atoms with Gasteiger partial charge in [-0.25, -0.2) is 8.42 Å². The fourth-order valence-electron chi connectivity index (χ4n) is 5.78. The van der Waals surface area contributed by atoms with Crippen molar-refractivity contribution >= 4 is 21.6 Å². The van der Waals surface area contributed by atoms with Gasteiger partial charge in [0.05, 0.1) is 16.9 Å². The number of hydrogen-bond donors (Lipinski definition) is 1. The Hall–Kier alpha value is -1.77. The maximum absolute atomic E-state index is 13.5. The zero-order valence-corrected chi connectivity index (χ0v) is 18.4. The van der Waals surface area contributed by atoms with Crippen molar-refractivity contribution in [3.63, 3.8) is 0 Å². The summed E-state index contributed by atoms with van der Waals surface area (Å²) in [6.45, 7) is 0.704. The molecular weight excluding hydrogens is 420 g/mol. The largest absolute Gasteiger partial charge is 0.481 e. The molecule has 4 rings (SSSR count). The first-order chi connectivity index (χ1) is 14.9. The molecule has 0 bridgehead atoms. The van der Waals surface area contributed by atoms with Gasteiger partial charge in [0.1, 0.15) is 5.25 Å². The van der Waals surface area contributed by atoms with Crippen LogP contribution in [0.25, 0.3) is 0 Å². The monoisotopic (exact) mass is 450 g/mol. The molecular formula is C23H30O7S. The molecule has 1 heterocycles. The number of Topliss-reactive ketones (excluding diaryl/α,β-unsaturated/α-hetero) is 1. The van der Waals surface area contributed by atoms with Gasteiger partial charge in [0, 0.05) is 18.9 Å². The van der Waals surface area contributed by atoms with Gasteiger partial charge in [-0.1, -0.05) is 31.0 Å². The molecule has 5 atom stereocenters. The van der Waals surface area contributed by atoms with Crippen LogP contribution in [-0.2, 0) is 28.9 Å². The van der Waals surface area contributed by atoms with Gasteiger partial charge in [0.15, 0.2) is 21.9 Å². The van der Waals surface area contributed by atoms with Crippen LogP contribution in [0.2, 0.25) is 0 Å².